The second-order valence-electron chi connectivity index (χ2n) is 7.06. The molecule has 0 atom stereocenters. The number of thiazole rings is 1. The fraction of sp³-hybridized carbons (Fsp3) is 0.318. The predicted molar refractivity (Wildman–Crippen MR) is 119 cm³/mol. The van der Waals surface area contributed by atoms with E-state index < -0.39 is 0 Å². The molecule has 0 saturated carbocycles. The van der Waals surface area contributed by atoms with Crippen LogP contribution in [0.4, 0.5) is 0 Å². The second-order valence-corrected chi connectivity index (χ2v) is 9.72. The zero-order valence-electron chi connectivity index (χ0n) is 17.2. The Kier molecular flexibility index (Phi) is 6.59. The summed E-state index contributed by atoms with van der Waals surface area (Å²) >= 11 is 3.14. The molecule has 152 valence electrons. The van der Waals surface area contributed by atoms with Crippen molar-refractivity contribution in [1.82, 2.24) is 4.57 Å². The molecule has 3 rings (SSSR count). The molecule has 7 heteroatoms. The van der Waals surface area contributed by atoms with Gasteiger partial charge in [-0.1, -0.05) is 25.2 Å². The molecular formula is C22H24N2O3S2. The lowest BCUT2D eigenvalue weighted by atomic mass is 10.1. The standard InChI is InChI=1S/C22H24N2O3S2/c1-13(2)28-17-8-6-16(7-9-17)21(26)23-22-24(12-20(25)27-5)18-10-14(3)15(4)11-19(18)29-22/h6-11,13H,12H2,1-5H3. The van der Waals surface area contributed by atoms with Crippen LogP contribution in [0.15, 0.2) is 46.3 Å². The molecule has 0 fully saturated rings. The number of benzene rings is 2. The minimum absolute atomic E-state index is 0.00901. The van der Waals surface area contributed by atoms with Crippen LogP contribution in [0.3, 0.4) is 0 Å². The summed E-state index contributed by atoms with van der Waals surface area (Å²) in [6.45, 7) is 8.33. The molecule has 0 saturated heterocycles. The summed E-state index contributed by atoms with van der Waals surface area (Å²) < 4.78 is 7.56. The molecular weight excluding hydrogens is 404 g/mol. The first-order chi connectivity index (χ1) is 13.8. The summed E-state index contributed by atoms with van der Waals surface area (Å²) in [4.78, 5) is 30.6. The van der Waals surface area contributed by atoms with Crippen LogP contribution in [0.25, 0.3) is 10.2 Å². The molecule has 0 aliphatic rings. The van der Waals surface area contributed by atoms with Gasteiger partial charge in [0.15, 0.2) is 4.80 Å². The number of hydrogen-bond acceptors (Lipinski definition) is 5. The Morgan fingerprint density at radius 3 is 2.41 bits per heavy atom. The van der Waals surface area contributed by atoms with Crippen molar-refractivity contribution < 1.29 is 14.3 Å². The molecule has 2 aromatic carbocycles. The molecule has 1 aromatic heterocycles. The van der Waals surface area contributed by atoms with E-state index >= 15 is 0 Å². The number of rotatable bonds is 5. The summed E-state index contributed by atoms with van der Waals surface area (Å²) in [5, 5.41) is 0.476. The van der Waals surface area contributed by atoms with Gasteiger partial charge in [0.1, 0.15) is 6.54 Å². The Labute approximate surface area is 178 Å². The quantitative estimate of drug-likeness (QED) is 0.435. The number of aromatic nitrogens is 1. The van der Waals surface area contributed by atoms with E-state index in [-0.39, 0.29) is 18.4 Å². The highest BCUT2D eigenvalue weighted by Gasteiger charge is 2.14. The summed E-state index contributed by atoms with van der Waals surface area (Å²) in [6.07, 6.45) is 0. The van der Waals surface area contributed by atoms with E-state index in [9.17, 15) is 9.59 Å². The van der Waals surface area contributed by atoms with E-state index in [1.54, 1.807) is 28.5 Å². The molecule has 5 nitrogen and oxygen atoms in total. The minimum Gasteiger partial charge on any atom is -0.468 e. The van der Waals surface area contributed by atoms with Gasteiger partial charge >= 0.3 is 5.97 Å². The number of ether oxygens (including phenoxy) is 1. The summed E-state index contributed by atoms with van der Waals surface area (Å²) in [7, 11) is 1.35. The average Bonchev–Trinajstić information content (AvgIpc) is 2.98. The highest BCUT2D eigenvalue weighted by Crippen LogP contribution is 2.24. The predicted octanol–water partition coefficient (Wildman–Crippen LogP) is 4.73. The van der Waals surface area contributed by atoms with Crippen LogP contribution in [0.1, 0.15) is 35.3 Å². The zero-order chi connectivity index (χ0) is 21.1. The minimum atomic E-state index is -0.383. The van der Waals surface area contributed by atoms with E-state index in [1.165, 1.54) is 18.4 Å². The molecule has 0 aliphatic carbocycles. The van der Waals surface area contributed by atoms with Crippen molar-refractivity contribution in [3.8, 4) is 0 Å². The number of hydrogen-bond donors (Lipinski definition) is 0. The maximum absolute atomic E-state index is 12.8. The smallest absolute Gasteiger partial charge is 0.325 e. The SMILES string of the molecule is COC(=O)Cn1c(=NC(=O)c2ccc(SC(C)C)cc2)sc2cc(C)c(C)cc21. The van der Waals surface area contributed by atoms with E-state index in [4.69, 9.17) is 4.74 Å². The van der Waals surface area contributed by atoms with E-state index in [1.807, 2.05) is 32.0 Å². The molecule has 0 radical (unpaired) electrons. The van der Waals surface area contributed by atoms with Gasteiger partial charge in [0.25, 0.3) is 5.91 Å². The number of nitrogens with zero attached hydrogens (tertiary/aromatic N) is 2. The molecule has 1 heterocycles. The van der Waals surface area contributed by atoms with Crippen molar-refractivity contribution in [3.63, 3.8) is 0 Å². The van der Waals surface area contributed by atoms with Gasteiger partial charge < -0.3 is 9.30 Å². The van der Waals surface area contributed by atoms with Crippen LogP contribution in [0.5, 0.6) is 0 Å². The van der Waals surface area contributed by atoms with Crippen molar-refractivity contribution in [2.45, 2.75) is 44.4 Å². The number of esters is 1. The second kappa shape index (κ2) is 8.97. The first-order valence-electron chi connectivity index (χ1n) is 9.31. The molecule has 29 heavy (non-hydrogen) atoms. The third-order valence-electron chi connectivity index (χ3n) is 4.48. The van der Waals surface area contributed by atoms with Gasteiger partial charge in [-0.3, -0.25) is 9.59 Å². The van der Waals surface area contributed by atoms with Crippen LogP contribution in [0, 0.1) is 13.8 Å². The molecule has 0 unspecified atom stereocenters. The largest absolute Gasteiger partial charge is 0.468 e. The summed E-state index contributed by atoms with van der Waals surface area (Å²) in [5.41, 5.74) is 3.66. The monoisotopic (exact) mass is 428 g/mol. The topological polar surface area (TPSA) is 60.7 Å². The van der Waals surface area contributed by atoms with Crippen molar-refractivity contribution in [2.24, 2.45) is 4.99 Å². The lowest BCUT2D eigenvalue weighted by Gasteiger charge is -2.06. The van der Waals surface area contributed by atoms with Crippen LogP contribution in [-0.2, 0) is 16.1 Å². The Morgan fingerprint density at radius 2 is 1.79 bits per heavy atom. The van der Waals surface area contributed by atoms with E-state index in [2.05, 4.69) is 24.9 Å². The Balaban J connectivity index is 2.04. The van der Waals surface area contributed by atoms with Crippen LogP contribution in [-0.4, -0.2) is 28.8 Å². The normalized spacial score (nSPS) is 12.0. The van der Waals surface area contributed by atoms with Gasteiger partial charge in [-0.25, -0.2) is 0 Å². The molecule has 3 aromatic rings. The number of aryl methyl sites for hydroxylation is 2. The third kappa shape index (κ3) is 4.97. The molecule has 1 amide bonds. The number of methoxy groups -OCH3 is 1. The summed E-state index contributed by atoms with van der Waals surface area (Å²) in [5.74, 6) is -0.711. The lowest BCUT2D eigenvalue weighted by molar-refractivity contribution is -0.141. The van der Waals surface area contributed by atoms with Crippen molar-refractivity contribution in [3.05, 3.63) is 57.9 Å². The number of fused-ring (bicyclic) bond motifs is 1. The van der Waals surface area contributed by atoms with E-state index in [0.29, 0.717) is 15.6 Å². The van der Waals surface area contributed by atoms with Gasteiger partial charge in [0.05, 0.1) is 17.3 Å². The van der Waals surface area contributed by atoms with Gasteiger partial charge in [-0.2, -0.15) is 4.99 Å². The number of carbonyl (C=O) groups excluding carboxylic acids is 2. The summed E-state index contributed by atoms with van der Waals surface area (Å²) in [6, 6.07) is 11.5. The van der Waals surface area contributed by atoms with Crippen molar-refractivity contribution in [1.29, 1.82) is 0 Å². The van der Waals surface area contributed by atoms with Gasteiger partial charge in [0, 0.05) is 15.7 Å². The molecule has 0 N–H and O–H groups in total. The fourth-order valence-corrected chi connectivity index (χ4v) is 4.80. The van der Waals surface area contributed by atoms with Crippen LogP contribution >= 0.6 is 23.1 Å². The van der Waals surface area contributed by atoms with Crippen molar-refractivity contribution >= 4 is 45.2 Å². The third-order valence-corrected chi connectivity index (χ3v) is 6.54. The highest BCUT2D eigenvalue weighted by molar-refractivity contribution is 7.99. The maximum atomic E-state index is 12.8. The first kappa shape index (κ1) is 21.3. The Hall–Kier alpha value is -2.38. The zero-order valence-corrected chi connectivity index (χ0v) is 18.8. The Morgan fingerprint density at radius 1 is 1.14 bits per heavy atom. The average molecular weight is 429 g/mol. The molecule has 0 bridgehead atoms. The molecule has 0 spiro atoms. The van der Waals surface area contributed by atoms with Crippen molar-refractivity contribution in [2.75, 3.05) is 7.11 Å². The lowest BCUT2D eigenvalue weighted by Crippen LogP contribution is -2.22. The highest BCUT2D eigenvalue weighted by atomic mass is 32.2. The first-order valence-corrected chi connectivity index (χ1v) is 11.0. The van der Waals surface area contributed by atoms with Crippen LogP contribution in [0.2, 0.25) is 0 Å². The van der Waals surface area contributed by atoms with Gasteiger partial charge in [0.2, 0.25) is 0 Å². The fourth-order valence-electron chi connectivity index (χ4n) is 2.85. The van der Waals surface area contributed by atoms with Crippen LogP contribution < -0.4 is 4.80 Å². The van der Waals surface area contributed by atoms with Gasteiger partial charge in [-0.05, 0) is 61.4 Å². The van der Waals surface area contributed by atoms with Gasteiger partial charge in [-0.15, -0.1) is 11.8 Å². The Bertz CT molecular complexity index is 1130. The van der Waals surface area contributed by atoms with E-state index in [0.717, 1.165) is 26.2 Å². The number of thioether (sulfide) groups is 1. The maximum Gasteiger partial charge on any atom is 0.325 e. The number of amides is 1. The number of carbonyl (C=O) groups is 2. The molecule has 0 aliphatic heterocycles.